The number of benzene rings is 2. The van der Waals surface area contributed by atoms with Crippen LogP contribution in [0.1, 0.15) is 16.7 Å². The number of likely N-dealkylation sites (N-methyl/N-ethyl adjacent to an activating group) is 2. The van der Waals surface area contributed by atoms with Gasteiger partial charge in [0.1, 0.15) is 11.6 Å². The van der Waals surface area contributed by atoms with Crippen molar-refractivity contribution in [3.63, 3.8) is 0 Å². The molecule has 0 aromatic heterocycles. The van der Waals surface area contributed by atoms with E-state index in [0.717, 1.165) is 6.07 Å². The molecule has 2 aliphatic rings. The molecule has 0 saturated carbocycles. The highest BCUT2D eigenvalue weighted by Crippen LogP contribution is 2.53. The Labute approximate surface area is 185 Å². The minimum Gasteiger partial charge on any atom is -0.507 e. The summed E-state index contributed by atoms with van der Waals surface area (Å²) in [7, 11) is 5.19. The Morgan fingerprint density at radius 3 is 2.47 bits per heavy atom. The molecule has 2 aliphatic heterocycles. The highest BCUT2D eigenvalue weighted by atomic mass is 19.1. The largest absolute Gasteiger partial charge is 0.507 e. The maximum Gasteiger partial charge on any atom is 0.296 e. The van der Waals surface area contributed by atoms with E-state index in [0.29, 0.717) is 23.4 Å². The van der Waals surface area contributed by atoms with Crippen LogP contribution >= 0.6 is 0 Å². The number of rotatable bonds is 4. The Morgan fingerprint density at radius 1 is 1.12 bits per heavy atom. The summed E-state index contributed by atoms with van der Waals surface area (Å²) in [6, 6.07) is 10.9. The number of hydrogen-bond donors (Lipinski definition) is 1. The Bertz CT molecular complexity index is 1190. The molecule has 0 bridgehead atoms. The smallest absolute Gasteiger partial charge is 0.296 e. The molecule has 2 aromatic rings. The van der Waals surface area contributed by atoms with Crippen LogP contribution in [0.2, 0.25) is 0 Å². The van der Waals surface area contributed by atoms with Crippen molar-refractivity contribution in [1.29, 1.82) is 0 Å². The number of Topliss-reactive ketones (excluding diaryl/α,β-unsaturated/α-hetero) is 1. The Morgan fingerprint density at radius 2 is 1.81 bits per heavy atom. The SMILES string of the molecule is Cc1ccc(C(O)=C2C(=O)C(=O)N(CCN(C)C)[C@@]23C(=O)N(C)c2ccccc23)cc1F. The number of carbonyl (C=O) groups is 3. The molecule has 8 heteroatoms. The summed E-state index contributed by atoms with van der Waals surface area (Å²) < 4.78 is 14.3. The molecule has 1 fully saturated rings. The van der Waals surface area contributed by atoms with Crippen molar-refractivity contribution in [2.24, 2.45) is 0 Å². The number of carbonyl (C=O) groups excluding carboxylic acids is 3. The van der Waals surface area contributed by atoms with E-state index in [-0.39, 0.29) is 17.7 Å². The van der Waals surface area contributed by atoms with Crippen LogP contribution < -0.4 is 4.90 Å². The van der Waals surface area contributed by atoms with E-state index in [9.17, 15) is 23.9 Å². The maximum absolute atomic E-state index is 14.3. The first-order chi connectivity index (χ1) is 15.1. The summed E-state index contributed by atoms with van der Waals surface area (Å²) >= 11 is 0. The number of fused-ring (bicyclic) bond motifs is 2. The molecule has 0 unspecified atom stereocenters. The van der Waals surface area contributed by atoms with Gasteiger partial charge in [-0.15, -0.1) is 0 Å². The number of aliphatic hydroxyl groups is 1. The van der Waals surface area contributed by atoms with Gasteiger partial charge in [-0.2, -0.15) is 0 Å². The quantitative estimate of drug-likeness (QED) is 0.451. The van der Waals surface area contributed by atoms with E-state index in [4.69, 9.17) is 0 Å². The summed E-state index contributed by atoms with van der Waals surface area (Å²) in [6.45, 7) is 2.06. The van der Waals surface area contributed by atoms with Crippen LogP contribution in [0.25, 0.3) is 5.76 Å². The molecule has 1 spiro atoms. The zero-order valence-corrected chi connectivity index (χ0v) is 18.3. The zero-order chi connectivity index (χ0) is 23.4. The molecular weight excluding hydrogens is 413 g/mol. The Hall–Kier alpha value is -3.52. The average molecular weight is 437 g/mol. The van der Waals surface area contributed by atoms with Crippen LogP contribution in [0.4, 0.5) is 10.1 Å². The molecule has 7 nitrogen and oxygen atoms in total. The number of aryl methyl sites for hydroxylation is 1. The van der Waals surface area contributed by atoms with Gasteiger partial charge in [-0.05, 0) is 38.7 Å². The third-order valence-electron chi connectivity index (χ3n) is 6.16. The van der Waals surface area contributed by atoms with Crippen molar-refractivity contribution >= 4 is 29.0 Å². The number of nitrogens with zero attached hydrogens (tertiary/aromatic N) is 3. The lowest BCUT2D eigenvalue weighted by Crippen LogP contribution is -2.52. The van der Waals surface area contributed by atoms with Crippen LogP contribution in [-0.4, -0.2) is 66.7 Å². The topological polar surface area (TPSA) is 81.2 Å². The molecule has 0 aliphatic carbocycles. The maximum atomic E-state index is 14.3. The molecule has 2 amide bonds. The molecule has 4 rings (SSSR count). The second-order valence-electron chi connectivity index (χ2n) is 8.37. The molecule has 2 aromatic carbocycles. The number of amides is 2. The average Bonchev–Trinajstić information content (AvgIpc) is 3.12. The number of anilines is 1. The lowest BCUT2D eigenvalue weighted by atomic mass is 9.82. The van der Waals surface area contributed by atoms with Gasteiger partial charge < -0.3 is 19.8 Å². The second-order valence-corrected chi connectivity index (χ2v) is 8.37. The van der Waals surface area contributed by atoms with E-state index < -0.39 is 34.7 Å². The van der Waals surface area contributed by atoms with Crippen molar-refractivity contribution in [3.05, 3.63) is 70.5 Å². The molecule has 0 radical (unpaired) electrons. The summed E-state index contributed by atoms with van der Waals surface area (Å²) in [6.07, 6.45) is 0. The molecule has 2 heterocycles. The van der Waals surface area contributed by atoms with Crippen molar-refractivity contribution in [1.82, 2.24) is 9.80 Å². The van der Waals surface area contributed by atoms with E-state index in [2.05, 4.69) is 0 Å². The fourth-order valence-electron chi connectivity index (χ4n) is 4.46. The predicted molar refractivity (Wildman–Crippen MR) is 117 cm³/mol. The molecular formula is C24H24FN3O4. The Kier molecular flexibility index (Phi) is 5.13. The first kappa shape index (κ1) is 21.7. The van der Waals surface area contributed by atoms with Crippen LogP contribution in [0.5, 0.6) is 0 Å². The monoisotopic (exact) mass is 437 g/mol. The lowest BCUT2D eigenvalue weighted by molar-refractivity contribution is -0.143. The fourth-order valence-corrected chi connectivity index (χ4v) is 4.46. The number of hydrogen-bond acceptors (Lipinski definition) is 5. The minimum atomic E-state index is -1.82. The summed E-state index contributed by atoms with van der Waals surface area (Å²) in [4.78, 5) is 44.6. The third-order valence-corrected chi connectivity index (χ3v) is 6.16. The number of halogens is 1. The van der Waals surface area contributed by atoms with Gasteiger partial charge in [0.15, 0.2) is 5.54 Å². The zero-order valence-electron chi connectivity index (χ0n) is 18.3. The number of aliphatic hydroxyl groups excluding tert-OH is 1. The molecule has 166 valence electrons. The molecule has 32 heavy (non-hydrogen) atoms. The van der Waals surface area contributed by atoms with E-state index in [1.165, 1.54) is 21.9 Å². The van der Waals surface area contributed by atoms with Crippen LogP contribution in [0, 0.1) is 12.7 Å². The van der Waals surface area contributed by atoms with Gasteiger partial charge in [0.05, 0.1) is 5.57 Å². The third kappa shape index (κ3) is 2.86. The Balaban J connectivity index is 2.05. The minimum absolute atomic E-state index is 0.0259. The first-order valence-corrected chi connectivity index (χ1v) is 10.2. The first-order valence-electron chi connectivity index (χ1n) is 10.2. The van der Waals surface area contributed by atoms with Crippen molar-refractivity contribution in [2.75, 3.05) is 39.1 Å². The second kappa shape index (κ2) is 7.56. The van der Waals surface area contributed by atoms with Gasteiger partial charge in [0.2, 0.25) is 0 Å². The van der Waals surface area contributed by atoms with Gasteiger partial charge in [0.25, 0.3) is 17.6 Å². The fraction of sp³-hybridized carbons (Fsp3) is 0.292. The van der Waals surface area contributed by atoms with Crippen molar-refractivity contribution in [3.8, 4) is 0 Å². The van der Waals surface area contributed by atoms with Gasteiger partial charge in [-0.3, -0.25) is 14.4 Å². The van der Waals surface area contributed by atoms with Gasteiger partial charge in [0, 0.05) is 37.0 Å². The summed E-state index contributed by atoms with van der Waals surface area (Å²) in [5.41, 5.74) is -0.801. The van der Waals surface area contributed by atoms with Crippen LogP contribution in [0.3, 0.4) is 0 Å². The van der Waals surface area contributed by atoms with Crippen LogP contribution in [0.15, 0.2) is 48.0 Å². The van der Waals surface area contributed by atoms with E-state index in [1.54, 1.807) is 38.2 Å². The van der Waals surface area contributed by atoms with Gasteiger partial charge in [-0.1, -0.05) is 30.3 Å². The number of likely N-dealkylation sites (tertiary alicyclic amines) is 1. The normalized spacial score (nSPS) is 21.9. The molecule has 1 N–H and O–H groups in total. The highest BCUT2D eigenvalue weighted by Gasteiger charge is 2.66. The lowest BCUT2D eigenvalue weighted by Gasteiger charge is -2.34. The highest BCUT2D eigenvalue weighted by molar-refractivity contribution is 6.50. The van der Waals surface area contributed by atoms with Crippen molar-refractivity contribution in [2.45, 2.75) is 12.5 Å². The van der Waals surface area contributed by atoms with E-state index >= 15 is 0 Å². The summed E-state index contributed by atoms with van der Waals surface area (Å²) in [5, 5.41) is 11.2. The molecule has 1 atom stereocenters. The van der Waals surface area contributed by atoms with Gasteiger partial charge in [-0.25, -0.2) is 4.39 Å². The molecule has 1 saturated heterocycles. The van der Waals surface area contributed by atoms with Crippen molar-refractivity contribution < 1.29 is 23.9 Å². The standard InChI is InChI=1S/C24H24FN3O4/c1-14-9-10-15(13-17(14)25)20(29)19-21(30)22(31)28(12-11-26(2)3)24(19)16-7-5-6-8-18(16)27(4)23(24)32/h5-10,13,29H,11-12H2,1-4H3/t24-/m1/s1. The van der Waals surface area contributed by atoms with Crippen LogP contribution in [-0.2, 0) is 19.9 Å². The predicted octanol–water partition coefficient (Wildman–Crippen LogP) is 2.25. The summed E-state index contributed by atoms with van der Waals surface area (Å²) in [5.74, 6) is -3.51. The number of para-hydroxylation sites is 1. The van der Waals surface area contributed by atoms with Gasteiger partial charge >= 0.3 is 0 Å². The van der Waals surface area contributed by atoms with E-state index in [1.807, 2.05) is 19.0 Å². The number of ketones is 1.